The van der Waals surface area contributed by atoms with Crippen LogP contribution < -0.4 is 0 Å². The lowest BCUT2D eigenvalue weighted by atomic mass is 10.1. The zero-order chi connectivity index (χ0) is 44.4. The number of rotatable bonds is 43. The molecule has 346 valence electrons. The summed E-state index contributed by atoms with van der Waals surface area (Å²) in [4.78, 5) is 37.6. The monoisotopic (exact) mass is 847 g/mol. The highest BCUT2D eigenvalue weighted by Gasteiger charge is 2.19. The molecule has 0 aromatic rings. The molecule has 0 saturated carbocycles. The first-order valence-electron chi connectivity index (χ1n) is 24.7. The van der Waals surface area contributed by atoms with Crippen molar-refractivity contribution in [2.24, 2.45) is 0 Å². The molecule has 0 aliphatic rings. The molecule has 0 spiro atoms. The average Bonchev–Trinajstić information content (AvgIpc) is 3.26. The van der Waals surface area contributed by atoms with Gasteiger partial charge >= 0.3 is 17.9 Å². The second-order valence-electron chi connectivity index (χ2n) is 16.0. The van der Waals surface area contributed by atoms with Crippen molar-refractivity contribution in [3.05, 3.63) is 97.2 Å². The fourth-order valence-corrected chi connectivity index (χ4v) is 6.36. The molecule has 0 aliphatic heterocycles. The Labute approximate surface area is 375 Å². The van der Waals surface area contributed by atoms with E-state index in [4.69, 9.17) is 14.2 Å². The van der Waals surface area contributed by atoms with Crippen LogP contribution >= 0.6 is 0 Å². The normalized spacial score (nSPS) is 12.9. The predicted molar refractivity (Wildman–Crippen MR) is 260 cm³/mol. The van der Waals surface area contributed by atoms with Gasteiger partial charge in [-0.1, -0.05) is 189 Å². The van der Waals surface area contributed by atoms with E-state index in [1.165, 1.54) is 51.4 Å². The van der Waals surface area contributed by atoms with Crippen LogP contribution in [0.5, 0.6) is 0 Å². The van der Waals surface area contributed by atoms with Gasteiger partial charge in [0.1, 0.15) is 13.2 Å². The smallest absolute Gasteiger partial charge is 0.306 e. The molecule has 6 nitrogen and oxygen atoms in total. The van der Waals surface area contributed by atoms with Crippen molar-refractivity contribution < 1.29 is 28.6 Å². The molecule has 6 heteroatoms. The van der Waals surface area contributed by atoms with E-state index in [0.29, 0.717) is 19.3 Å². The Balaban J connectivity index is 4.27. The summed E-state index contributed by atoms with van der Waals surface area (Å²) >= 11 is 0. The van der Waals surface area contributed by atoms with Crippen molar-refractivity contribution in [3.8, 4) is 0 Å². The van der Waals surface area contributed by atoms with Gasteiger partial charge in [0.15, 0.2) is 6.10 Å². The van der Waals surface area contributed by atoms with E-state index >= 15 is 0 Å². The van der Waals surface area contributed by atoms with Gasteiger partial charge in [-0.25, -0.2) is 0 Å². The molecule has 0 rings (SSSR count). The van der Waals surface area contributed by atoms with E-state index in [1.807, 2.05) is 0 Å². The Hall–Kier alpha value is -3.67. The molecule has 61 heavy (non-hydrogen) atoms. The molecule has 1 atom stereocenters. The number of unbranched alkanes of at least 4 members (excludes halogenated alkanes) is 16. The number of carbonyl (C=O) groups excluding carboxylic acids is 3. The molecule has 0 N–H and O–H groups in total. The lowest BCUT2D eigenvalue weighted by Crippen LogP contribution is -2.30. The highest BCUT2D eigenvalue weighted by molar-refractivity contribution is 5.71. The summed E-state index contributed by atoms with van der Waals surface area (Å²) in [6.45, 7) is 6.38. The largest absolute Gasteiger partial charge is 0.462 e. The van der Waals surface area contributed by atoms with Crippen LogP contribution in [0.2, 0.25) is 0 Å². The van der Waals surface area contributed by atoms with Crippen LogP contribution in [0.4, 0.5) is 0 Å². The van der Waals surface area contributed by atoms with Crippen molar-refractivity contribution in [2.75, 3.05) is 13.2 Å². The maximum atomic E-state index is 12.7. The SMILES string of the molecule is CC/C=C\C/C=C\C/C=C\C/C=C\C/C=C\C/C=C\C/C=C\CCCCCC(=O)OCC(COC(=O)CCCCCCCC)OC(=O)CCCCCCC/C=C\CCCCC. The van der Waals surface area contributed by atoms with E-state index in [0.717, 1.165) is 122 Å². The van der Waals surface area contributed by atoms with Gasteiger partial charge in [-0.15, -0.1) is 0 Å². The average molecular weight is 847 g/mol. The molecule has 0 aromatic carbocycles. The lowest BCUT2D eigenvalue weighted by Gasteiger charge is -2.18. The molecule has 0 heterocycles. The molecule has 0 aromatic heterocycles. The van der Waals surface area contributed by atoms with Crippen molar-refractivity contribution >= 4 is 17.9 Å². The van der Waals surface area contributed by atoms with Gasteiger partial charge in [-0.3, -0.25) is 14.4 Å². The predicted octanol–water partition coefficient (Wildman–Crippen LogP) is 16.2. The summed E-state index contributed by atoms with van der Waals surface area (Å²) in [6.07, 6.45) is 64.2. The van der Waals surface area contributed by atoms with Crippen LogP contribution in [0.1, 0.15) is 213 Å². The van der Waals surface area contributed by atoms with E-state index in [1.54, 1.807) is 0 Å². The molecular weight excluding hydrogens is 757 g/mol. The van der Waals surface area contributed by atoms with Gasteiger partial charge in [0.25, 0.3) is 0 Å². The lowest BCUT2D eigenvalue weighted by molar-refractivity contribution is -0.167. The van der Waals surface area contributed by atoms with Crippen LogP contribution in [-0.4, -0.2) is 37.2 Å². The van der Waals surface area contributed by atoms with E-state index in [-0.39, 0.29) is 31.1 Å². The first-order valence-corrected chi connectivity index (χ1v) is 24.7. The zero-order valence-electron chi connectivity index (χ0n) is 39.4. The second-order valence-corrected chi connectivity index (χ2v) is 16.0. The van der Waals surface area contributed by atoms with E-state index in [2.05, 4.69) is 118 Å². The molecule has 0 bridgehead atoms. The molecule has 0 aliphatic carbocycles. The standard InChI is InChI=1S/C55H90O6/c1-4-7-10-13-16-18-20-22-23-24-25-26-27-28-29-30-31-32-33-34-36-37-39-42-45-48-54(57)60-51-52(50-59-53(56)47-44-41-15-12-9-6-3)61-55(58)49-46-43-40-38-35-21-19-17-14-11-8-5-2/h7,10,16-19,22-23,25-26,28-29,31-32,34,36,52H,4-6,8-9,11-15,20-21,24,27,30,33,35,37-51H2,1-3H3/b10-7-,18-16-,19-17-,23-22-,26-25-,29-28-,32-31-,36-34-. The molecular formula is C55H90O6. The molecule has 0 amide bonds. The van der Waals surface area contributed by atoms with E-state index in [9.17, 15) is 14.4 Å². The van der Waals surface area contributed by atoms with Gasteiger partial charge in [-0.2, -0.15) is 0 Å². The van der Waals surface area contributed by atoms with Gasteiger partial charge in [0.05, 0.1) is 0 Å². The third-order valence-corrected chi connectivity index (χ3v) is 10.1. The van der Waals surface area contributed by atoms with Gasteiger partial charge in [-0.05, 0) is 103 Å². The van der Waals surface area contributed by atoms with Crippen molar-refractivity contribution in [3.63, 3.8) is 0 Å². The number of esters is 3. The zero-order valence-corrected chi connectivity index (χ0v) is 39.4. The summed E-state index contributed by atoms with van der Waals surface area (Å²) in [6, 6.07) is 0. The number of ether oxygens (including phenoxy) is 3. The molecule has 0 saturated heterocycles. The maximum absolute atomic E-state index is 12.7. The number of hydrogen-bond donors (Lipinski definition) is 0. The van der Waals surface area contributed by atoms with Crippen LogP contribution in [0.25, 0.3) is 0 Å². The first-order chi connectivity index (χ1) is 30.0. The van der Waals surface area contributed by atoms with E-state index < -0.39 is 6.10 Å². The second kappa shape index (κ2) is 49.0. The van der Waals surface area contributed by atoms with Crippen LogP contribution in [-0.2, 0) is 28.6 Å². The molecule has 0 fully saturated rings. The highest BCUT2D eigenvalue weighted by Crippen LogP contribution is 2.12. The van der Waals surface area contributed by atoms with Crippen molar-refractivity contribution in [1.82, 2.24) is 0 Å². The topological polar surface area (TPSA) is 78.9 Å². The van der Waals surface area contributed by atoms with Crippen LogP contribution in [0.15, 0.2) is 97.2 Å². The van der Waals surface area contributed by atoms with Crippen molar-refractivity contribution in [2.45, 2.75) is 219 Å². The minimum Gasteiger partial charge on any atom is -0.462 e. The Morgan fingerprint density at radius 3 is 1.07 bits per heavy atom. The molecule has 1 unspecified atom stereocenters. The Kier molecular flexibility index (Phi) is 46.0. The number of carbonyl (C=O) groups is 3. The fourth-order valence-electron chi connectivity index (χ4n) is 6.36. The number of hydrogen-bond acceptors (Lipinski definition) is 6. The minimum absolute atomic E-state index is 0.0927. The molecule has 0 radical (unpaired) electrons. The fraction of sp³-hybridized carbons (Fsp3) is 0.655. The third-order valence-electron chi connectivity index (χ3n) is 10.1. The first kappa shape index (κ1) is 57.3. The summed E-state index contributed by atoms with van der Waals surface area (Å²) in [5, 5.41) is 0. The Bertz CT molecular complexity index is 1250. The van der Waals surface area contributed by atoms with Gasteiger partial charge < -0.3 is 14.2 Å². The Morgan fingerprint density at radius 2 is 0.639 bits per heavy atom. The highest BCUT2D eigenvalue weighted by atomic mass is 16.6. The summed E-state index contributed by atoms with van der Waals surface area (Å²) in [5.41, 5.74) is 0. The Morgan fingerprint density at radius 1 is 0.344 bits per heavy atom. The third kappa shape index (κ3) is 47.2. The quantitative estimate of drug-likeness (QED) is 0.0263. The number of allylic oxidation sites excluding steroid dienone is 16. The van der Waals surface area contributed by atoms with Crippen LogP contribution in [0, 0.1) is 0 Å². The summed E-state index contributed by atoms with van der Waals surface area (Å²) in [7, 11) is 0. The minimum atomic E-state index is -0.791. The summed E-state index contributed by atoms with van der Waals surface area (Å²) in [5.74, 6) is -0.953. The van der Waals surface area contributed by atoms with Crippen LogP contribution in [0.3, 0.4) is 0 Å². The maximum Gasteiger partial charge on any atom is 0.306 e. The van der Waals surface area contributed by atoms with Crippen molar-refractivity contribution in [1.29, 1.82) is 0 Å². The summed E-state index contributed by atoms with van der Waals surface area (Å²) < 4.78 is 16.6. The van der Waals surface area contributed by atoms with Gasteiger partial charge in [0.2, 0.25) is 0 Å². The van der Waals surface area contributed by atoms with Gasteiger partial charge in [0, 0.05) is 19.3 Å².